The number of anilines is 2. The minimum Gasteiger partial charge on any atom is -0.495 e. The second-order valence-electron chi connectivity index (χ2n) is 3.16. The fourth-order valence-corrected chi connectivity index (χ4v) is 1.56. The Hall–Kier alpha value is -1.71. The van der Waals surface area contributed by atoms with Crippen molar-refractivity contribution in [2.24, 2.45) is 0 Å². The summed E-state index contributed by atoms with van der Waals surface area (Å²) < 4.78 is 5.20. The molecule has 4 heteroatoms. The molecule has 1 aliphatic heterocycles. The molecule has 1 heterocycles. The van der Waals surface area contributed by atoms with Crippen molar-refractivity contribution in [2.45, 2.75) is 0 Å². The van der Waals surface area contributed by atoms with Gasteiger partial charge in [-0.2, -0.15) is 0 Å². The number of likely N-dealkylation sites (N-methyl/N-ethyl adjacent to an activating group) is 1. The monoisotopic (exact) mass is 192 g/mol. The van der Waals surface area contributed by atoms with E-state index in [1.807, 2.05) is 18.2 Å². The number of methoxy groups -OCH3 is 1. The SMILES string of the molecule is COc1cccc2c1NCC(=O)N2C. The molecule has 4 nitrogen and oxygen atoms in total. The smallest absolute Gasteiger partial charge is 0.246 e. The van der Waals surface area contributed by atoms with Crippen LogP contribution in [-0.2, 0) is 4.79 Å². The highest BCUT2D eigenvalue weighted by Crippen LogP contribution is 2.36. The maximum atomic E-state index is 11.4. The molecular formula is C10H12N2O2. The summed E-state index contributed by atoms with van der Waals surface area (Å²) >= 11 is 0. The van der Waals surface area contributed by atoms with Crippen molar-refractivity contribution in [3.05, 3.63) is 18.2 Å². The summed E-state index contributed by atoms with van der Waals surface area (Å²) in [6, 6.07) is 5.63. The van der Waals surface area contributed by atoms with Crippen LogP contribution in [0, 0.1) is 0 Å². The predicted octanol–water partition coefficient (Wildman–Crippen LogP) is 1.08. The van der Waals surface area contributed by atoms with Gasteiger partial charge in [-0.1, -0.05) is 6.07 Å². The first-order valence-electron chi connectivity index (χ1n) is 4.41. The molecule has 0 saturated carbocycles. The van der Waals surface area contributed by atoms with Crippen molar-refractivity contribution in [3.63, 3.8) is 0 Å². The number of carbonyl (C=O) groups is 1. The number of benzene rings is 1. The highest BCUT2D eigenvalue weighted by Gasteiger charge is 2.22. The lowest BCUT2D eigenvalue weighted by molar-refractivity contribution is -0.116. The molecular weight excluding hydrogens is 180 g/mol. The number of amides is 1. The van der Waals surface area contributed by atoms with Crippen molar-refractivity contribution < 1.29 is 9.53 Å². The van der Waals surface area contributed by atoms with Gasteiger partial charge in [0.1, 0.15) is 11.4 Å². The number of nitrogens with one attached hydrogen (secondary N) is 1. The molecule has 0 radical (unpaired) electrons. The number of hydrogen-bond acceptors (Lipinski definition) is 3. The fraction of sp³-hybridized carbons (Fsp3) is 0.300. The Labute approximate surface area is 82.5 Å². The molecule has 0 aliphatic carbocycles. The van der Waals surface area contributed by atoms with E-state index in [0.717, 1.165) is 17.1 Å². The minimum atomic E-state index is 0.0609. The van der Waals surface area contributed by atoms with Gasteiger partial charge in [0.25, 0.3) is 0 Å². The number of carbonyl (C=O) groups excluding carboxylic acids is 1. The fourth-order valence-electron chi connectivity index (χ4n) is 1.56. The Balaban J connectivity index is 2.52. The summed E-state index contributed by atoms with van der Waals surface area (Å²) in [6.45, 7) is 0.323. The first kappa shape index (κ1) is 8.87. The van der Waals surface area contributed by atoms with E-state index in [4.69, 9.17) is 4.74 Å². The van der Waals surface area contributed by atoms with E-state index in [9.17, 15) is 4.79 Å². The van der Waals surface area contributed by atoms with Gasteiger partial charge in [0, 0.05) is 7.05 Å². The molecule has 1 N–H and O–H groups in total. The van der Waals surface area contributed by atoms with Crippen molar-refractivity contribution in [1.82, 2.24) is 0 Å². The number of para-hydroxylation sites is 1. The third-order valence-corrected chi connectivity index (χ3v) is 2.38. The molecule has 14 heavy (non-hydrogen) atoms. The van der Waals surface area contributed by atoms with Crippen molar-refractivity contribution in [1.29, 1.82) is 0 Å². The third kappa shape index (κ3) is 1.19. The number of ether oxygens (including phenoxy) is 1. The highest BCUT2D eigenvalue weighted by molar-refractivity contribution is 6.03. The normalized spacial score (nSPS) is 14.7. The zero-order chi connectivity index (χ0) is 10.1. The third-order valence-electron chi connectivity index (χ3n) is 2.38. The molecule has 1 amide bonds. The summed E-state index contributed by atoms with van der Waals surface area (Å²) in [5.41, 5.74) is 1.75. The van der Waals surface area contributed by atoms with E-state index in [1.54, 1.807) is 19.1 Å². The summed E-state index contributed by atoms with van der Waals surface area (Å²) in [4.78, 5) is 13.0. The average Bonchev–Trinajstić information content (AvgIpc) is 2.23. The summed E-state index contributed by atoms with van der Waals surface area (Å²) in [6.07, 6.45) is 0. The van der Waals surface area contributed by atoms with E-state index < -0.39 is 0 Å². The molecule has 1 aliphatic rings. The number of rotatable bonds is 1. The van der Waals surface area contributed by atoms with Gasteiger partial charge in [-0.3, -0.25) is 4.79 Å². The Morgan fingerprint density at radius 2 is 2.29 bits per heavy atom. The van der Waals surface area contributed by atoms with Crippen molar-refractivity contribution in [2.75, 3.05) is 30.9 Å². The van der Waals surface area contributed by atoms with Gasteiger partial charge in [-0.25, -0.2) is 0 Å². The standard InChI is InChI=1S/C10H12N2O2/c1-12-7-4-3-5-8(14-2)10(7)11-6-9(12)13/h3-5,11H,6H2,1-2H3. The quantitative estimate of drug-likeness (QED) is 0.724. The van der Waals surface area contributed by atoms with Gasteiger partial charge in [0.05, 0.1) is 19.3 Å². The van der Waals surface area contributed by atoms with E-state index in [2.05, 4.69) is 5.32 Å². The Morgan fingerprint density at radius 1 is 1.50 bits per heavy atom. The molecule has 74 valence electrons. The molecule has 1 aromatic carbocycles. The Bertz CT molecular complexity index is 376. The van der Waals surface area contributed by atoms with E-state index in [0.29, 0.717) is 6.54 Å². The van der Waals surface area contributed by atoms with Crippen LogP contribution in [0.2, 0.25) is 0 Å². The lowest BCUT2D eigenvalue weighted by Gasteiger charge is -2.27. The topological polar surface area (TPSA) is 41.6 Å². The van der Waals surface area contributed by atoms with Crippen molar-refractivity contribution in [3.8, 4) is 5.75 Å². The lowest BCUT2D eigenvalue weighted by atomic mass is 10.2. The first-order valence-corrected chi connectivity index (χ1v) is 4.41. The zero-order valence-corrected chi connectivity index (χ0v) is 8.20. The maximum absolute atomic E-state index is 11.4. The van der Waals surface area contributed by atoms with Crippen LogP contribution in [0.4, 0.5) is 11.4 Å². The van der Waals surface area contributed by atoms with Gasteiger partial charge in [0.2, 0.25) is 5.91 Å². The van der Waals surface area contributed by atoms with Gasteiger partial charge in [-0.15, -0.1) is 0 Å². The molecule has 0 aromatic heterocycles. The van der Waals surface area contributed by atoms with Gasteiger partial charge in [-0.05, 0) is 12.1 Å². The molecule has 1 aromatic rings. The van der Waals surface area contributed by atoms with Gasteiger partial charge >= 0.3 is 0 Å². The number of nitrogens with zero attached hydrogens (tertiary/aromatic N) is 1. The molecule has 0 saturated heterocycles. The molecule has 0 bridgehead atoms. The number of hydrogen-bond donors (Lipinski definition) is 1. The van der Waals surface area contributed by atoms with Crippen molar-refractivity contribution >= 4 is 17.3 Å². The van der Waals surface area contributed by atoms with Crippen LogP contribution in [0.25, 0.3) is 0 Å². The van der Waals surface area contributed by atoms with E-state index in [1.165, 1.54) is 0 Å². The Morgan fingerprint density at radius 3 is 3.00 bits per heavy atom. The minimum absolute atomic E-state index is 0.0609. The molecule has 0 fully saturated rings. The van der Waals surface area contributed by atoms with Crippen LogP contribution >= 0.6 is 0 Å². The second kappa shape index (κ2) is 3.21. The lowest BCUT2D eigenvalue weighted by Crippen LogP contribution is -2.36. The van der Waals surface area contributed by atoms with Crippen LogP contribution in [0.1, 0.15) is 0 Å². The van der Waals surface area contributed by atoms with Crippen LogP contribution in [0.3, 0.4) is 0 Å². The first-order chi connectivity index (χ1) is 6.74. The van der Waals surface area contributed by atoms with E-state index in [-0.39, 0.29) is 5.91 Å². The average molecular weight is 192 g/mol. The predicted molar refractivity (Wildman–Crippen MR) is 54.9 cm³/mol. The number of fused-ring (bicyclic) bond motifs is 1. The van der Waals surface area contributed by atoms with Crippen LogP contribution in [-0.4, -0.2) is 26.6 Å². The van der Waals surface area contributed by atoms with Crippen LogP contribution in [0.5, 0.6) is 5.75 Å². The molecule has 0 unspecified atom stereocenters. The molecule has 2 rings (SSSR count). The second-order valence-corrected chi connectivity index (χ2v) is 3.16. The summed E-state index contributed by atoms with van der Waals surface area (Å²) in [5, 5.41) is 3.05. The summed E-state index contributed by atoms with van der Waals surface area (Å²) in [5.74, 6) is 0.826. The molecule has 0 atom stereocenters. The largest absolute Gasteiger partial charge is 0.495 e. The highest BCUT2D eigenvalue weighted by atomic mass is 16.5. The zero-order valence-electron chi connectivity index (χ0n) is 8.20. The molecule has 0 spiro atoms. The maximum Gasteiger partial charge on any atom is 0.246 e. The van der Waals surface area contributed by atoms with Crippen LogP contribution in [0.15, 0.2) is 18.2 Å². The summed E-state index contributed by atoms with van der Waals surface area (Å²) in [7, 11) is 3.38. The van der Waals surface area contributed by atoms with Gasteiger partial charge in [0.15, 0.2) is 0 Å². The van der Waals surface area contributed by atoms with Crippen LogP contribution < -0.4 is 15.0 Å². The van der Waals surface area contributed by atoms with E-state index >= 15 is 0 Å². The van der Waals surface area contributed by atoms with Gasteiger partial charge < -0.3 is 15.0 Å². The Kier molecular flexibility index (Phi) is 2.04.